The summed E-state index contributed by atoms with van der Waals surface area (Å²) in [5.74, 6) is -1.08. The van der Waals surface area contributed by atoms with Gasteiger partial charge in [-0.3, -0.25) is 10.1 Å². The maximum atomic E-state index is 12.3. The molecule has 0 bridgehead atoms. The number of fused-ring (bicyclic) bond motifs is 1. The number of likely N-dealkylation sites (tertiary alicyclic amines) is 1. The fraction of sp³-hybridized carbons (Fsp3) is 0.667. The Morgan fingerprint density at radius 1 is 1.18 bits per heavy atom. The minimum Gasteiger partial charge on any atom is -0.481 e. The molecule has 1 aliphatic carbocycles. The molecule has 0 unspecified atom stereocenters. The van der Waals surface area contributed by atoms with Crippen molar-refractivity contribution in [1.29, 1.82) is 0 Å². The molecule has 0 radical (unpaired) electrons. The number of rotatable bonds is 2. The topological polar surface area (TPSA) is 82.5 Å². The van der Waals surface area contributed by atoms with Crippen molar-refractivity contribution in [3.8, 4) is 0 Å². The van der Waals surface area contributed by atoms with E-state index in [1.807, 2.05) is 0 Å². The van der Waals surface area contributed by atoms with Crippen LogP contribution in [-0.2, 0) is 17.6 Å². The van der Waals surface area contributed by atoms with E-state index in [0.717, 1.165) is 18.5 Å². The van der Waals surface area contributed by atoms with Gasteiger partial charge in [-0.15, -0.1) is 11.3 Å². The predicted octanol–water partition coefficient (Wildman–Crippen LogP) is 2.74. The number of carboxylic acid groups (broad SMARTS) is 1. The van der Waals surface area contributed by atoms with Crippen LogP contribution in [0.3, 0.4) is 0 Å². The van der Waals surface area contributed by atoms with E-state index < -0.39 is 5.97 Å². The molecule has 3 rings (SSSR count). The normalized spacial score (nSPS) is 19.4. The number of aliphatic carboxylic acids is 1. The first kappa shape index (κ1) is 15.3. The lowest BCUT2D eigenvalue weighted by Crippen LogP contribution is -2.42. The molecule has 22 heavy (non-hydrogen) atoms. The van der Waals surface area contributed by atoms with Gasteiger partial charge in [0, 0.05) is 18.0 Å². The van der Waals surface area contributed by atoms with Crippen LogP contribution < -0.4 is 5.32 Å². The number of hydrogen-bond acceptors (Lipinski definition) is 4. The third-order valence-corrected chi connectivity index (χ3v) is 5.51. The lowest BCUT2D eigenvalue weighted by Gasteiger charge is -2.29. The first-order valence-electron chi connectivity index (χ1n) is 7.91. The van der Waals surface area contributed by atoms with Crippen molar-refractivity contribution in [2.75, 3.05) is 18.4 Å². The highest BCUT2D eigenvalue weighted by atomic mass is 32.1. The number of carbonyl (C=O) groups is 2. The molecular weight excluding hydrogens is 302 g/mol. The van der Waals surface area contributed by atoms with Crippen molar-refractivity contribution in [3.05, 3.63) is 10.6 Å². The van der Waals surface area contributed by atoms with Gasteiger partial charge in [-0.1, -0.05) is 6.42 Å². The van der Waals surface area contributed by atoms with E-state index >= 15 is 0 Å². The molecule has 0 saturated carbocycles. The molecular formula is C15H21N3O3S. The van der Waals surface area contributed by atoms with Crippen LogP contribution in [0.1, 0.15) is 42.7 Å². The molecule has 6 nitrogen and oxygen atoms in total. The van der Waals surface area contributed by atoms with Gasteiger partial charge < -0.3 is 10.0 Å². The predicted molar refractivity (Wildman–Crippen MR) is 84.3 cm³/mol. The zero-order valence-electron chi connectivity index (χ0n) is 12.5. The number of nitrogens with one attached hydrogen (secondary N) is 1. The second-order valence-electron chi connectivity index (χ2n) is 5.98. The second-order valence-corrected chi connectivity index (χ2v) is 7.06. The highest BCUT2D eigenvalue weighted by Crippen LogP contribution is 2.29. The average Bonchev–Trinajstić information content (AvgIpc) is 2.76. The van der Waals surface area contributed by atoms with Crippen LogP contribution in [0.5, 0.6) is 0 Å². The zero-order valence-corrected chi connectivity index (χ0v) is 13.3. The van der Waals surface area contributed by atoms with Gasteiger partial charge in [0.25, 0.3) is 0 Å². The Labute approximate surface area is 133 Å². The molecule has 1 fully saturated rings. The largest absolute Gasteiger partial charge is 0.481 e. The number of urea groups is 1. The van der Waals surface area contributed by atoms with E-state index in [0.29, 0.717) is 31.1 Å². The monoisotopic (exact) mass is 323 g/mol. The van der Waals surface area contributed by atoms with Crippen LogP contribution >= 0.6 is 11.3 Å². The van der Waals surface area contributed by atoms with Gasteiger partial charge in [-0.05, 0) is 38.5 Å². The zero-order chi connectivity index (χ0) is 15.5. The van der Waals surface area contributed by atoms with Crippen LogP contribution in [-0.4, -0.2) is 40.1 Å². The number of piperidine rings is 1. The van der Waals surface area contributed by atoms with Crippen molar-refractivity contribution in [3.63, 3.8) is 0 Å². The van der Waals surface area contributed by atoms with Crippen molar-refractivity contribution < 1.29 is 14.7 Å². The smallest absolute Gasteiger partial charge is 0.323 e. The summed E-state index contributed by atoms with van der Waals surface area (Å²) in [6, 6.07) is -0.159. The number of thiazole rings is 1. The van der Waals surface area contributed by atoms with E-state index in [4.69, 9.17) is 5.11 Å². The first-order chi connectivity index (χ1) is 10.6. The van der Waals surface area contributed by atoms with E-state index in [9.17, 15) is 9.59 Å². The minimum absolute atomic E-state index is 0.159. The SMILES string of the molecule is O=C(O)C1CCN(C(=O)Nc2nc3c(s2)CCCCC3)CC1. The van der Waals surface area contributed by atoms with Crippen LogP contribution in [0.4, 0.5) is 9.93 Å². The molecule has 0 atom stereocenters. The molecule has 2 N–H and O–H groups in total. The Kier molecular flexibility index (Phi) is 4.61. The third-order valence-electron chi connectivity index (χ3n) is 4.44. The van der Waals surface area contributed by atoms with Crippen molar-refractivity contribution >= 4 is 28.5 Å². The number of hydrogen-bond donors (Lipinski definition) is 2. The first-order valence-corrected chi connectivity index (χ1v) is 8.72. The molecule has 0 aromatic carbocycles. The molecule has 1 aromatic heterocycles. The summed E-state index contributed by atoms with van der Waals surface area (Å²) in [7, 11) is 0. The van der Waals surface area contributed by atoms with Gasteiger partial charge in [0.2, 0.25) is 0 Å². The molecule has 2 amide bonds. The summed E-state index contributed by atoms with van der Waals surface area (Å²) < 4.78 is 0. The molecule has 7 heteroatoms. The van der Waals surface area contributed by atoms with E-state index in [-0.39, 0.29) is 11.9 Å². The Balaban J connectivity index is 1.57. The Morgan fingerprint density at radius 3 is 2.64 bits per heavy atom. The summed E-state index contributed by atoms with van der Waals surface area (Å²) >= 11 is 1.58. The van der Waals surface area contributed by atoms with Crippen LogP contribution in [0, 0.1) is 5.92 Å². The number of anilines is 1. The van der Waals surface area contributed by atoms with Crippen LogP contribution in [0.15, 0.2) is 0 Å². The molecule has 1 saturated heterocycles. The van der Waals surface area contributed by atoms with E-state index in [2.05, 4.69) is 10.3 Å². The summed E-state index contributed by atoms with van der Waals surface area (Å²) in [6.45, 7) is 0.988. The molecule has 1 aliphatic heterocycles. The lowest BCUT2D eigenvalue weighted by atomic mass is 9.97. The van der Waals surface area contributed by atoms with Crippen molar-refractivity contribution in [2.24, 2.45) is 5.92 Å². The quantitative estimate of drug-likeness (QED) is 0.820. The summed E-state index contributed by atoms with van der Waals surface area (Å²) in [5, 5.41) is 12.5. The summed E-state index contributed by atoms with van der Waals surface area (Å²) in [4.78, 5) is 30.7. The second kappa shape index (κ2) is 6.64. The standard InChI is InChI=1S/C15H21N3O3S/c19-13(20)10-6-8-18(9-7-10)15(21)17-14-16-11-4-2-1-3-5-12(11)22-14/h10H,1-9H2,(H,19,20)(H,16,17,21). The van der Waals surface area contributed by atoms with Gasteiger partial charge in [0.15, 0.2) is 5.13 Å². The number of carbonyl (C=O) groups excluding carboxylic acids is 1. The highest BCUT2D eigenvalue weighted by molar-refractivity contribution is 7.15. The minimum atomic E-state index is -0.760. The third kappa shape index (κ3) is 3.40. The average molecular weight is 323 g/mol. The highest BCUT2D eigenvalue weighted by Gasteiger charge is 2.27. The Bertz CT molecular complexity index is 541. The van der Waals surface area contributed by atoms with Gasteiger partial charge in [-0.2, -0.15) is 0 Å². The maximum absolute atomic E-state index is 12.3. The van der Waals surface area contributed by atoms with Crippen molar-refractivity contribution in [2.45, 2.75) is 44.9 Å². The number of carboxylic acids is 1. The van der Waals surface area contributed by atoms with E-state index in [1.54, 1.807) is 16.2 Å². The summed E-state index contributed by atoms with van der Waals surface area (Å²) in [5.41, 5.74) is 1.14. The molecule has 1 aromatic rings. The molecule has 0 spiro atoms. The number of nitrogens with zero attached hydrogens (tertiary/aromatic N) is 2. The number of aromatic nitrogens is 1. The lowest BCUT2D eigenvalue weighted by molar-refractivity contribution is -0.143. The van der Waals surface area contributed by atoms with Gasteiger partial charge in [0.1, 0.15) is 0 Å². The maximum Gasteiger partial charge on any atom is 0.323 e. The van der Waals surface area contributed by atoms with E-state index in [1.165, 1.54) is 24.1 Å². The Hall–Kier alpha value is -1.63. The van der Waals surface area contributed by atoms with Crippen molar-refractivity contribution in [1.82, 2.24) is 9.88 Å². The van der Waals surface area contributed by atoms with Gasteiger partial charge in [-0.25, -0.2) is 9.78 Å². The Morgan fingerprint density at radius 2 is 1.91 bits per heavy atom. The van der Waals surface area contributed by atoms with Crippen LogP contribution in [0.2, 0.25) is 0 Å². The fourth-order valence-corrected chi connectivity index (χ4v) is 4.12. The number of amides is 2. The van der Waals surface area contributed by atoms with Crippen LogP contribution in [0.25, 0.3) is 0 Å². The number of aryl methyl sites for hydroxylation is 2. The molecule has 2 aliphatic rings. The summed E-state index contributed by atoms with van der Waals surface area (Å²) in [6.07, 6.45) is 6.74. The van der Waals surface area contributed by atoms with Gasteiger partial charge in [0.05, 0.1) is 11.6 Å². The molecule has 2 heterocycles. The molecule has 120 valence electrons. The van der Waals surface area contributed by atoms with Gasteiger partial charge >= 0.3 is 12.0 Å². The fourth-order valence-electron chi connectivity index (χ4n) is 3.08.